The number of aromatic amines is 1. The summed E-state index contributed by atoms with van der Waals surface area (Å²) in [4.78, 5) is 43.4. The molecular formula is C31H29F3N6O4. The van der Waals surface area contributed by atoms with Crippen molar-refractivity contribution in [3.8, 4) is 22.5 Å². The summed E-state index contributed by atoms with van der Waals surface area (Å²) in [6, 6.07) is 26.1. The molecule has 1 saturated heterocycles. The second kappa shape index (κ2) is 12.7. The van der Waals surface area contributed by atoms with Crippen LogP contribution in [0.4, 0.5) is 13.2 Å². The molecule has 3 aromatic carbocycles. The molecule has 0 atom stereocenters. The first-order chi connectivity index (χ1) is 21.0. The van der Waals surface area contributed by atoms with E-state index in [1.807, 2.05) is 59.2 Å². The number of hydrogen-bond acceptors (Lipinski definition) is 6. The fourth-order valence-corrected chi connectivity index (χ4v) is 5.25. The van der Waals surface area contributed by atoms with E-state index in [4.69, 9.17) is 9.90 Å². The fourth-order valence-electron chi connectivity index (χ4n) is 5.25. The number of imidazole rings is 1. The number of nitrogens with zero attached hydrogens (tertiary/aromatic N) is 5. The number of rotatable bonds is 5. The zero-order chi connectivity index (χ0) is 31.4. The number of para-hydroxylation sites is 2. The summed E-state index contributed by atoms with van der Waals surface area (Å²) >= 11 is 0. The Bertz CT molecular complexity index is 1870. The number of carbonyl (C=O) groups is 1. The molecule has 5 aromatic rings. The van der Waals surface area contributed by atoms with Crippen molar-refractivity contribution >= 4 is 17.0 Å². The molecule has 0 amide bonds. The Morgan fingerprint density at radius 1 is 0.909 bits per heavy atom. The van der Waals surface area contributed by atoms with E-state index in [0.717, 1.165) is 54.6 Å². The smallest absolute Gasteiger partial charge is 0.475 e. The van der Waals surface area contributed by atoms with E-state index < -0.39 is 12.1 Å². The van der Waals surface area contributed by atoms with Crippen molar-refractivity contribution in [1.29, 1.82) is 0 Å². The average Bonchev–Trinajstić information content (AvgIpc) is 3.35. The van der Waals surface area contributed by atoms with Crippen LogP contribution in [0.15, 0.2) is 88.5 Å². The highest BCUT2D eigenvalue weighted by Gasteiger charge is 2.38. The van der Waals surface area contributed by atoms with Gasteiger partial charge in [-0.1, -0.05) is 66.7 Å². The summed E-state index contributed by atoms with van der Waals surface area (Å²) in [7, 11) is 1.62. The summed E-state index contributed by atoms with van der Waals surface area (Å²) in [5, 5.41) is 11.7. The number of alkyl halides is 3. The number of piperidine rings is 1. The Labute approximate surface area is 249 Å². The molecule has 0 saturated carbocycles. The maximum absolute atomic E-state index is 12.6. The SMILES string of the molecule is Cn1nc(-c2ccc(CN3CCC(n4c(=O)[nH]c5ccccc54)CC3)cc2)c(-c2ccccc2)nc1=O.O=C(O)C(F)(F)F. The highest BCUT2D eigenvalue weighted by atomic mass is 19.4. The number of H-pyrrole nitrogens is 1. The first-order valence-electron chi connectivity index (χ1n) is 13.8. The lowest BCUT2D eigenvalue weighted by atomic mass is 10.0. The van der Waals surface area contributed by atoms with Gasteiger partial charge in [0.2, 0.25) is 0 Å². The maximum atomic E-state index is 12.6. The van der Waals surface area contributed by atoms with Crippen molar-refractivity contribution in [2.24, 2.45) is 7.05 Å². The molecule has 0 aliphatic carbocycles. The summed E-state index contributed by atoms with van der Waals surface area (Å²) in [5.74, 6) is -2.76. The third-order valence-electron chi connectivity index (χ3n) is 7.43. The normalized spacial score (nSPS) is 14.3. The standard InChI is InChI=1S/C29H28N6O2.C2HF3O2/c1-33-28(36)31-26(21-7-3-2-4-8-21)27(32-33)22-13-11-20(12-14-22)19-34-17-15-23(16-18-34)35-25-10-6-5-9-24(25)30-29(35)37;3-2(4,5)1(6)7/h2-14,23H,15-19H2,1H3,(H,30,37);(H,6,7). The quantitative estimate of drug-likeness (QED) is 0.299. The summed E-state index contributed by atoms with van der Waals surface area (Å²) in [6.45, 7) is 2.71. The number of halogens is 3. The Balaban J connectivity index is 0.000000493. The van der Waals surface area contributed by atoms with Crippen LogP contribution in [0.25, 0.3) is 33.5 Å². The van der Waals surface area contributed by atoms with Gasteiger partial charge in [-0.25, -0.2) is 19.1 Å². The van der Waals surface area contributed by atoms with Crippen molar-refractivity contribution in [2.75, 3.05) is 13.1 Å². The zero-order valence-corrected chi connectivity index (χ0v) is 23.7. The molecular weight excluding hydrogens is 577 g/mol. The number of aromatic nitrogens is 5. The predicted molar refractivity (Wildman–Crippen MR) is 158 cm³/mol. The average molecular weight is 607 g/mol. The summed E-state index contributed by atoms with van der Waals surface area (Å²) < 4.78 is 34.9. The van der Waals surface area contributed by atoms with Gasteiger partial charge in [0.1, 0.15) is 11.4 Å². The first-order valence-corrected chi connectivity index (χ1v) is 13.8. The third-order valence-corrected chi connectivity index (χ3v) is 7.43. The van der Waals surface area contributed by atoms with Gasteiger partial charge in [-0.05, 0) is 30.5 Å². The minimum atomic E-state index is -5.08. The lowest BCUT2D eigenvalue weighted by Crippen LogP contribution is -2.36. The second-order valence-electron chi connectivity index (χ2n) is 10.4. The molecule has 6 rings (SSSR count). The molecule has 0 unspecified atom stereocenters. The molecule has 0 radical (unpaired) electrons. The molecule has 10 nitrogen and oxygen atoms in total. The van der Waals surface area contributed by atoms with E-state index in [0.29, 0.717) is 11.4 Å². The van der Waals surface area contributed by atoms with Crippen LogP contribution in [0, 0.1) is 0 Å². The lowest BCUT2D eigenvalue weighted by molar-refractivity contribution is -0.192. The number of fused-ring (bicyclic) bond motifs is 1. The van der Waals surface area contributed by atoms with Gasteiger partial charge < -0.3 is 10.1 Å². The highest BCUT2D eigenvalue weighted by molar-refractivity contribution is 5.77. The molecule has 0 spiro atoms. The van der Waals surface area contributed by atoms with Gasteiger partial charge in [0.05, 0.1) is 11.0 Å². The van der Waals surface area contributed by atoms with Gasteiger partial charge >= 0.3 is 23.5 Å². The number of aryl methyl sites for hydroxylation is 1. The van der Waals surface area contributed by atoms with Gasteiger partial charge in [-0.2, -0.15) is 23.3 Å². The monoisotopic (exact) mass is 606 g/mol. The number of likely N-dealkylation sites (tertiary alicyclic amines) is 1. The fraction of sp³-hybridized carbons (Fsp3) is 0.258. The number of benzene rings is 3. The van der Waals surface area contributed by atoms with E-state index in [2.05, 4.69) is 44.2 Å². The predicted octanol–water partition coefficient (Wildman–Crippen LogP) is 4.62. The van der Waals surface area contributed by atoms with E-state index in [-0.39, 0.29) is 17.4 Å². The van der Waals surface area contributed by atoms with Crippen LogP contribution in [0.5, 0.6) is 0 Å². The van der Waals surface area contributed by atoms with E-state index in [1.165, 1.54) is 10.2 Å². The van der Waals surface area contributed by atoms with Gasteiger partial charge in [-0.3, -0.25) is 9.47 Å². The van der Waals surface area contributed by atoms with Crippen molar-refractivity contribution < 1.29 is 23.1 Å². The lowest BCUT2D eigenvalue weighted by Gasteiger charge is -2.32. The molecule has 1 fully saturated rings. The van der Waals surface area contributed by atoms with Crippen LogP contribution in [-0.4, -0.2) is 59.6 Å². The van der Waals surface area contributed by atoms with Crippen molar-refractivity contribution in [1.82, 2.24) is 29.2 Å². The molecule has 1 aliphatic rings. The van der Waals surface area contributed by atoms with Crippen LogP contribution in [0.1, 0.15) is 24.4 Å². The maximum Gasteiger partial charge on any atom is 0.490 e. The van der Waals surface area contributed by atoms with E-state index in [9.17, 15) is 22.8 Å². The van der Waals surface area contributed by atoms with Gasteiger partial charge in [0.15, 0.2) is 0 Å². The van der Waals surface area contributed by atoms with E-state index in [1.54, 1.807) is 7.05 Å². The van der Waals surface area contributed by atoms with Gasteiger partial charge in [0, 0.05) is 43.9 Å². The Morgan fingerprint density at radius 3 is 2.14 bits per heavy atom. The minimum absolute atomic E-state index is 0.0216. The molecule has 228 valence electrons. The largest absolute Gasteiger partial charge is 0.490 e. The number of carboxylic acid groups (broad SMARTS) is 1. The Kier molecular flexibility index (Phi) is 8.76. The molecule has 44 heavy (non-hydrogen) atoms. The van der Waals surface area contributed by atoms with Crippen LogP contribution >= 0.6 is 0 Å². The second-order valence-corrected chi connectivity index (χ2v) is 10.4. The van der Waals surface area contributed by atoms with Gasteiger partial charge in [-0.15, -0.1) is 0 Å². The molecule has 2 N–H and O–H groups in total. The number of aliphatic carboxylic acids is 1. The number of nitrogens with one attached hydrogen (secondary N) is 1. The summed E-state index contributed by atoms with van der Waals surface area (Å²) in [5.41, 5.74) is 5.75. The first kappa shape index (κ1) is 30.4. The highest BCUT2D eigenvalue weighted by Crippen LogP contribution is 2.29. The number of carboxylic acids is 1. The molecule has 3 heterocycles. The Hall–Kier alpha value is -5.04. The Morgan fingerprint density at radius 2 is 1.50 bits per heavy atom. The van der Waals surface area contributed by atoms with Gasteiger partial charge in [0.25, 0.3) is 0 Å². The van der Waals surface area contributed by atoms with Crippen molar-refractivity contribution in [2.45, 2.75) is 31.6 Å². The van der Waals surface area contributed by atoms with Crippen LogP contribution < -0.4 is 11.4 Å². The molecule has 1 aliphatic heterocycles. The molecule has 0 bridgehead atoms. The summed E-state index contributed by atoms with van der Waals surface area (Å²) in [6.07, 6.45) is -3.21. The minimum Gasteiger partial charge on any atom is -0.475 e. The third kappa shape index (κ3) is 6.78. The molecule has 13 heteroatoms. The topological polar surface area (TPSA) is 126 Å². The van der Waals surface area contributed by atoms with E-state index >= 15 is 0 Å². The van der Waals surface area contributed by atoms with Crippen LogP contribution in [0.2, 0.25) is 0 Å². The zero-order valence-electron chi connectivity index (χ0n) is 23.7. The number of hydrogen-bond donors (Lipinski definition) is 2. The van der Waals surface area contributed by atoms with Crippen LogP contribution in [0.3, 0.4) is 0 Å². The van der Waals surface area contributed by atoms with Crippen molar-refractivity contribution in [3.63, 3.8) is 0 Å². The molecule has 2 aromatic heterocycles. The van der Waals surface area contributed by atoms with Crippen LogP contribution in [-0.2, 0) is 18.4 Å². The van der Waals surface area contributed by atoms with Crippen molar-refractivity contribution in [3.05, 3.63) is 105 Å².